The van der Waals surface area contributed by atoms with Gasteiger partial charge < -0.3 is 10.2 Å². The number of rotatable bonds is 3. The van der Waals surface area contributed by atoms with Gasteiger partial charge in [0.25, 0.3) is 5.91 Å². The highest BCUT2D eigenvalue weighted by Gasteiger charge is 2.20. The van der Waals surface area contributed by atoms with E-state index in [9.17, 15) is 4.79 Å². The van der Waals surface area contributed by atoms with E-state index >= 15 is 0 Å². The molecule has 0 atom stereocenters. The van der Waals surface area contributed by atoms with Gasteiger partial charge in [-0.2, -0.15) is 0 Å². The first kappa shape index (κ1) is 16.9. The van der Waals surface area contributed by atoms with Gasteiger partial charge in [0, 0.05) is 28.9 Å². The average molecular weight is 389 g/mol. The van der Waals surface area contributed by atoms with Crippen LogP contribution in [0.15, 0.2) is 28.7 Å². The SMILES string of the molecule is Cc1cc(C(=O)N2CCCCC2)nc(Nc2ccc(Br)c(C)c2)n1. The van der Waals surface area contributed by atoms with Crippen LogP contribution < -0.4 is 5.32 Å². The van der Waals surface area contributed by atoms with Gasteiger partial charge in [0.2, 0.25) is 5.95 Å². The van der Waals surface area contributed by atoms with Crippen molar-refractivity contribution in [1.82, 2.24) is 14.9 Å². The summed E-state index contributed by atoms with van der Waals surface area (Å²) in [4.78, 5) is 23.4. The van der Waals surface area contributed by atoms with E-state index in [0.717, 1.165) is 47.3 Å². The molecule has 1 N–H and O–H groups in total. The lowest BCUT2D eigenvalue weighted by molar-refractivity contribution is 0.0718. The molecule has 1 fully saturated rings. The number of aromatic nitrogens is 2. The Balaban J connectivity index is 1.82. The predicted molar refractivity (Wildman–Crippen MR) is 98.7 cm³/mol. The number of anilines is 2. The summed E-state index contributed by atoms with van der Waals surface area (Å²) >= 11 is 3.49. The van der Waals surface area contributed by atoms with Crippen molar-refractivity contribution in [3.05, 3.63) is 45.7 Å². The van der Waals surface area contributed by atoms with Crippen LogP contribution in [0, 0.1) is 13.8 Å². The largest absolute Gasteiger partial charge is 0.337 e. The number of hydrogen-bond donors (Lipinski definition) is 1. The highest BCUT2D eigenvalue weighted by molar-refractivity contribution is 9.10. The van der Waals surface area contributed by atoms with Crippen LogP contribution in [0.4, 0.5) is 11.6 Å². The summed E-state index contributed by atoms with van der Waals surface area (Å²) in [5, 5.41) is 3.20. The van der Waals surface area contributed by atoms with Crippen LogP contribution in [0.2, 0.25) is 0 Å². The molecule has 24 heavy (non-hydrogen) atoms. The molecule has 2 aromatic rings. The molecular weight excluding hydrogens is 368 g/mol. The van der Waals surface area contributed by atoms with Gasteiger partial charge in [-0.25, -0.2) is 9.97 Å². The van der Waals surface area contributed by atoms with Gasteiger partial charge in [0.1, 0.15) is 5.69 Å². The van der Waals surface area contributed by atoms with Crippen molar-refractivity contribution >= 4 is 33.5 Å². The van der Waals surface area contributed by atoms with E-state index in [0.29, 0.717) is 11.6 Å². The molecule has 2 heterocycles. The second-order valence-electron chi connectivity index (χ2n) is 6.16. The molecule has 0 saturated carbocycles. The van der Waals surface area contributed by atoms with E-state index in [1.54, 1.807) is 6.07 Å². The zero-order valence-electron chi connectivity index (χ0n) is 14.0. The Hall–Kier alpha value is -1.95. The van der Waals surface area contributed by atoms with E-state index in [4.69, 9.17) is 0 Å². The van der Waals surface area contributed by atoms with Crippen molar-refractivity contribution in [2.24, 2.45) is 0 Å². The number of likely N-dealkylation sites (tertiary alicyclic amines) is 1. The van der Waals surface area contributed by atoms with Crippen molar-refractivity contribution < 1.29 is 4.79 Å². The topological polar surface area (TPSA) is 58.1 Å². The predicted octanol–water partition coefficient (Wildman–Crippen LogP) is 4.23. The van der Waals surface area contributed by atoms with E-state index in [1.807, 2.05) is 36.9 Å². The first-order valence-electron chi connectivity index (χ1n) is 8.21. The summed E-state index contributed by atoms with van der Waals surface area (Å²) in [5.41, 5.74) is 3.26. The quantitative estimate of drug-likeness (QED) is 0.854. The van der Waals surface area contributed by atoms with Crippen molar-refractivity contribution in [3.63, 3.8) is 0 Å². The van der Waals surface area contributed by atoms with E-state index < -0.39 is 0 Å². The first-order valence-corrected chi connectivity index (χ1v) is 9.00. The molecular formula is C18H21BrN4O. The van der Waals surface area contributed by atoms with Gasteiger partial charge in [0.15, 0.2) is 0 Å². The minimum atomic E-state index is -0.00441. The van der Waals surface area contributed by atoms with E-state index in [-0.39, 0.29) is 5.91 Å². The third-order valence-corrected chi connectivity index (χ3v) is 5.02. The molecule has 3 rings (SSSR count). The van der Waals surface area contributed by atoms with Crippen LogP contribution in [0.3, 0.4) is 0 Å². The second-order valence-corrected chi connectivity index (χ2v) is 7.01. The number of nitrogens with zero attached hydrogens (tertiary/aromatic N) is 3. The molecule has 6 heteroatoms. The molecule has 1 saturated heterocycles. The molecule has 1 aliphatic heterocycles. The number of nitrogens with one attached hydrogen (secondary N) is 1. The Morgan fingerprint density at radius 2 is 1.88 bits per heavy atom. The smallest absolute Gasteiger partial charge is 0.272 e. The molecule has 0 bridgehead atoms. The summed E-state index contributed by atoms with van der Waals surface area (Å²) in [7, 11) is 0. The Kier molecular flexibility index (Phi) is 5.14. The van der Waals surface area contributed by atoms with E-state index in [1.165, 1.54) is 6.42 Å². The molecule has 1 aromatic heterocycles. The molecule has 0 spiro atoms. The Morgan fingerprint density at radius 1 is 1.12 bits per heavy atom. The fraction of sp³-hybridized carbons (Fsp3) is 0.389. The molecule has 0 aliphatic carbocycles. The maximum Gasteiger partial charge on any atom is 0.272 e. The van der Waals surface area contributed by atoms with Crippen LogP contribution in [0.5, 0.6) is 0 Å². The van der Waals surface area contributed by atoms with Crippen molar-refractivity contribution in [2.75, 3.05) is 18.4 Å². The lowest BCUT2D eigenvalue weighted by Crippen LogP contribution is -2.36. The summed E-state index contributed by atoms with van der Waals surface area (Å²) in [6, 6.07) is 7.71. The maximum absolute atomic E-state index is 12.7. The monoisotopic (exact) mass is 388 g/mol. The highest BCUT2D eigenvalue weighted by atomic mass is 79.9. The number of piperidine rings is 1. The van der Waals surface area contributed by atoms with Crippen LogP contribution in [0.25, 0.3) is 0 Å². The van der Waals surface area contributed by atoms with E-state index in [2.05, 4.69) is 31.2 Å². The average Bonchev–Trinajstić information content (AvgIpc) is 2.58. The van der Waals surface area contributed by atoms with Gasteiger partial charge in [0.05, 0.1) is 0 Å². The van der Waals surface area contributed by atoms with Crippen LogP contribution in [0.1, 0.15) is 41.0 Å². The normalized spacial score (nSPS) is 14.5. The van der Waals surface area contributed by atoms with Crippen LogP contribution in [-0.4, -0.2) is 33.9 Å². The molecule has 1 aliphatic rings. The number of hydrogen-bond acceptors (Lipinski definition) is 4. The number of halogens is 1. The third kappa shape index (κ3) is 3.93. The number of carbonyl (C=O) groups excluding carboxylic acids is 1. The molecule has 1 amide bonds. The van der Waals surface area contributed by atoms with Crippen molar-refractivity contribution in [3.8, 4) is 0 Å². The minimum absolute atomic E-state index is 0.00441. The minimum Gasteiger partial charge on any atom is -0.337 e. The summed E-state index contributed by atoms with van der Waals surface area (Å²) in [6.07, 6.45) is 3.33. The number of amides is 1. The zero-order valence-corrected chi connectivity index (χ0v) is 15.6. The Bertz CT molecular complexity index is 757. The number of aryl methyl sites for hydroxylation is 2. The molecule has 0 unspecified atom stereocenters. The lowest BCUT2D eigenvalue weighted by atomic mass is 10.1. The molecule has 5 nitrogen and oxygen atoms in total. The second kappa shape index (κ2) is 7.30. The lowest BCUT2D eigenvalue weighted by Gasteiger charge is -2.26. The van der Waals surface area contributed by atoms with Gasteiger partial charge in [-0.1, -0.05) is 15.9 Å². The van der Waals surface area contributed by atoms with Gasteiger partial charge in [-0.15, -0.1) is 0 Å². The molecule has 1 aromatic carbocycles. The number of benzene rings is 1. The van der Waals surface area contributed by atoms with Crippen molar-refractivity contribution in [2.45, 2.75) is 33.1 Å². The fourth-order valence-corrected chi connectivity index (χ4v) is 3.09. The standard InChI is InChI=1S/C18H21BrN4O/c1-12-10-14(6-7-15(12)19)21-18-20-13(2)11-16(22-18)17(24)23-8-4-3-5-9-23/h6-7,10-11H,3-5,8-9H2,1-2H3,(H,20,21,22). The number of carbonyl (C=O) groups is 1. The molecule has 0 radical (unpaired) electrons. The summed E-state index contributed by atoms with van der Waals surface area (Å²) in [5.74, 6) is 0.451. The van der Waals surface area contributed by atoms with Gasteiger partial charge in [-0.3, -0.25) is 4.79 Å². The summed E-state index contributed by atoms with van der Waals surface area (Å²) < 4.78 is 1.05. The fourth-order valence-electron chi connectivity index (χ4n) is 2.84. The maximum atomic E-state index is 12.7. The Morgan fingerprint density at radius 3 is 2.58 bits per heavy atom. The van der Waals surface area contributed by atoms with Crippen LogP contribution >= 0.6 is 15.9 Å². The van der Waals surface area contributed by atoms with Crippen molar-refractivity contribution in [1.29, 1.82) is 0 Å². The third-order valence-electron chi connectivity index (χ3n) is 4.13. The molecule has 126 valence electrons. The van der Waals surface area contributed by atoms with Crippen LogP contribution in [-0.2, 0) is 0 Å². The first-order chi connectivity index (χ1) is 11.5. The van der Waals surface area contributed by atoms with Gasteiger partial charge >= 0.3 is 0 Å². The summed E-state index contributed by atoms with van der Waals surface area (Å²) in [6.45, 7) is 5.54. The Labute approximate surface area is 150 Å². The van der Waals surface area contributed by atoms with Gasteiger partial charge in [-0.05, 0) is 62.9 Å². The highest BCUT2D eigenvalue weighted by Crippen LogP contribution is 2.22. The zero-order chi connectivity index (χ0) is 17.1.